The van der Waals surface area contributed by atoms with Crippen molar-refractivity contribution < 1.29 is 14.4 Å². The molecule has 2 aromatic heterocycles. The molecule has 3 heterocycles. The van der Waals surface area contributed by atoms with Gasteiger partial charge < -0.3 is 4.57 Å². The number of aryl methyl sites for hydroxylation is 1. The van der Waals surface area contributed by atoms with Crippen molar-refractivity contribution in [3.63, 3.8) is 0 Å². The van der Waals surface area contributed by atoms with Gasteiger partial charge in [-0.15, -0.1) is 0 Å². The molecule has 4 rings (SSSR count). The summed E-state index contributed by atoms with van der Waals surface area (Å²) < 4.78 is 2.82. The van der Waals surface area contributed by atoms with E-state index in [2.05, 4.69) is 26.2 Å². The van der Waals surface area contributed by atoms with E-state index in [0.717, 1.165) is 26.4 Å². The van der Waals surface area contributed by atoms with Gasteiger partial charge in [0.1, 0.15) is 5.57 Å². The lowest BCUT2D eigenvalue weighted by atomic mass is 10.1. The Morgan fingerprint density at radius 3 is 2.30 bits per heavy atom. The lowest BCUT2D eigenvalue weighted by Gasteiger charge is -2.26. The van der Waals surface area contributed by atoms with E-state index in [9.17, 15) is 14.4 Å². The molecule has 0 aliphatic carbocycles. The second-order valence-corrected chi connectivity index (χ2v) is 7.72. The van der Waals surface area contributed by atoms with Crippen LogP contribution < -0.4 is 10.2 Å². The zero-order valence-corrected chi connectivity index (χ0v) is 17.8. The standard InChI is InChI=1S/C22H17BrN4O3/c1-13-11-15(14(2)26(13)18-7-9-24-10-8-18)12-19-20(28)25-22(30)27(21(19)29)17-5-3-16(23)4-6-17/h3-12H,1-2H3,(H,25,28,30)/b19-12+. The van der Waals surface area contributed by atoms with Gasteiger partial charge in [-0.05, 0) is 68.0 Å². The molecule has 0 spiro atoms. The molecule has 8 heteroatoms. The Labute approximate surface area is 181 Å². The summed E-state index contributed by atoms with van der Waals surface area (Å²) in [6, 6.07) is 11.6. The van der Waals surface area contributed by atoms with Gasteiger partial charge in [0.2, 0.25) is 0 Å². The third-order valence-corrected chi connectivity index (χ3v) is 5.41. The van der Waals surface area contributed by atoms with Crippen molar-refractivity contribution in [3.8, 4) is 5.69 Å². The van der Waals surface area contributed by atoms with Crippen molar-refractivity contribution in [1.29, 1.82) is 0 Å². The summed E-state index contributed by atoms with van der Waals surface area (Å²) in [5.41, 5.74) is 3.71. The van der Waals surface area contributed by atoms with Crippen LogP contribution in [0.4, 0.5) is 10.5 Å². The van der Waals surface area contributed by atoms with E-state index in [-0.39, 0.29) is 5.57 Å². The van der Waals surface area contributed by atoms with Crippen LogP contribution in [0.5, 0.6) is 0 Å². The minimum absolute atomic E-state index is 0.104. The molecule has 1 aliphatic heterocycles. The molecule has 1 fully saturated rings. The minimum atomic E-state index is -0.772. The number of urea groups is 1. The van der Waals surface area contributed by atoms with Crippen LogP contribution in [0.25, 0.3) is 11.8 Å². The fourth-order valence-electron chi connectivity index (χ4n) is 3.46. The highest BCUT2D eigenvalue weighted by Gasteiger charge is 2.37. The molecule has 1 saturated heterocycles. The van der Waals surface area contributed by atoms with E-state index >= 15 is 0 Å². The molecule has 0 atom stereocenters. The summed E-state index contributed by atoms with van der Waals surface area (Å²) in [7, 11) is 0. The van der Waals surface area contributed by atoms with Gasteiger partial charge in [-0.1, -0.05) is 15.9 Å². The summed E-state index contributed by atoms with van der Waals surface area (Å²) in [5, 5.41) is 2.25. The van der Waals surface area contributed by atoms with E-state index in [1.54, 1.807) is 36.7 Å². The van der Waals surface area contributed by atoms with Gasteiger partial charge in [0.25, 0.3) is 11.8 Å². The number of nitrogens with zero attached hydrogens (tertiary/aromatic N) is 3. The molecule has 1 aliphatic rings. The number of halogens is 1. The molecule has 0 unspecified atom stereocenters. The monoisotopic (exact) mass is 464 g/mol. The highest BCUT2D eigenvalue weighted by atomic mass is 79.9. The van der Waals surface area contributed by atoms with E-state index in [1.807, 2.05) is 36.6 Å². The van der Waals surface area contributed by atoms with Crippen LogP contribution >= 0.6 is 15.9 Å². The zero-order chi connectivity index (χ0) is 21.4. The molecule has 3 aromatic rings. The lowest BCUT2D eigenvalue weighted by Crippen LogP contribution is -2.54. The summed E-state index contributed by atoms with van der Waals surface area (Å²) in [6.07, 6.45) is 4.92. The van der Waals surface area contributed by atoms with Gasteiger partial charge in [-0.3, -0.25) is 19.9 Å². The average Bonchev–Trinajstić information content (AvgIpc) is 3.00. The smallest absolute Gasteiger partial charge is 0.318 e. The average molecular weight is 465 g/mol. The SMILES string of the molecule is Cc1cc(/C=C2\C(=O)NC(=O)N(c3ccc(Br)cc3)C2=O)c(C)n1-c1ccncc1. The second kappa shape index (κ2) is 7.72. The van der Waals surface area contributed by atoms with Crippen LogP contribution in [0, 0.1) is 13.8 Å². The molecule has 150 valence electrons. The lowest BCUT2D eigenvalue weighted by molar-refractivity contribution is -0.122. The van der Waals surface area contributed by atoms with E-state index in [0.29, 0.717) is 11.3 Å². The number of rotatable bonds is 3. The Morgan fingerprint density at radius 2 is 1.63 bits per heavy atom. The van der Waals surface area contributed by atoms with Crippen molar-refractivity contribution in [3.05, 3.63) is 81.9 Å². The second-order valence-electron chi connectivity index (χ2n) is 6.80. The van der Waals surface area contributed by atoms with Crippen LogP contribution in [0.3, 0.4) is 0 Å². The van der Waals surface area contributed by atoms with Crippen molar-refractivity contribution in [2.45, 2.75) is 13.8 Å². The van der Waals surface area contributed by atoms with E-state index < -0.39 is 17.8 Å². The maximum Gasteiger partial charge on any atom is 0.335 e. The highest BCUT2D eigenvalue weighted by Crippen LogP contribution is 2.26. The number of hydrogen-bond acceptors (Lipinski definition) is 4. The number of hydrogen-bond donors (Lipinski definition) is 1. The molecule has 0 bridgehead atoms. The van der Waals surface area contributed by atoms with Gasteiger partial charge in [-0.25, -0.2) is 9.69 Å². The predicted octanol–water partition coefficient (Wildman–Crippen LogP) is 3.92. The third-order valence-electron chi connectivity index (χ3n) is 4.88. The molecule has 1 aromatic carbocycles. The first-order chi connectivity index (χ1) is 14.4. The van der Waals surface area contributed by atoms with Gasteiger partial charge in [0, 0.05) is 33.9 Å². The van der Waals surface area contributed by atoms with Crippen LogP contribution in [-0.2, 0) is 9.59 Å². The van der Waals surface area contributed by atoms with E-state index in [1.165, 1.54) is 6.08 Å². The van der Waals surface area contributed by atoms with Gasteiger partial charge in [-0.2, -0.15) is 0 Å². The fourth-order valence-corrected chi connectivity index (χ4v) is 3.73. The maximum absolute atomic E-state index is 13.1. The number of imide groups is 2. The van der Waals surface area contributed by atoms with E-state index in [4.69, 9.17) is 0 Å². The van der Waals surface area contributed by atoms with Crippen LogP contribution in [0.2, 0.25) is 0 Å². The van der Waals surface area contributed by atoms with Gasteiger partial charge in [0.15, 0.2) is 0 Å². The van der Waals surface area contributed by atoms with Gasteiger partial charge >= 0.3 is 6.03 Å². The molecular weight excluding hydrogens is 448 g/mol. The Morgan fingerprint density at radius 1 is 0.967 bits per heavy atom. The first kappa shape index (κ1) is 19.8. The van der Waals surface area contributed by atoms with Crippen LogP contribution in [0.15, 0.2) is 64.9 Å². The van der Waals surface area contributed by atoms with Crippen molar-refractivity contribution >= 4 is 45.5 Å². The summed E-state index contributed by atoms with van der Waals surface area (Å²) in [6.45, 7) is 3.85. The Kier molecular flexibility index (Phi) is 5.09. The number of nitrogens with one attached hydrogen (secondary N) is 1. The molecule has 1 N–H and O–H groups in total. The number of anilines is 1. The predicted molar refractivity (Wildman–Crippen MR) is 116 cm³/mol. The number of benzene rings is 1. The molecule has 30 heavy (non-hydrogen) atoms. The number of carbonyl (C=O) groups is 3. The quantitative estimate of drug-likeness (QED) is 0.470. The first-order valence-corrected chi connectivity index (χ1v) is 9.92. The molecule has 7 nitrogen and oxygen atoms in total. The number of pyridine rings is 1. The molecule has 0 radical (unpaired) electrons. The normalized spacial score (nSPS) is 15.6. The Balaban J connectivity index is 1.76. The fraction of sp³-hybridized carbons (Fsp3) is 0.0909. The zero-order valence-electron chi connectivity index (χ0n) is 16.2. The number of amides is 4. The summed E-state index contributed by atoms with van der Waals surface area (Å²) in [5.74, 6) is -1.38. The third kappa shape index (κ3) is 3.46. The Bertz CT molecular complexity index is 1200. The van der Waals surface area contributed by atoms with Crippen molar-refractivity contribution in [2.24, 2.45) is 0 Å². The van der Waals surface area contributed by atoms with Gasteiger partial charge in [0.05, 0.1) is 5.69 Å². The van der Waals surface area contributed by atoms with Crippen molar-refractivity contribution in [2.75, 3.05) is 4.90 Å². The number of carbonyl (C=O) groups excluding carboxylic acids is 3. The van der Waals surface area contributed by atoms with Crippen LogP contribution in [-0.4, -0.2) is 27.4 Å². The largest absolute Gasteiger partial charge is 0.335 e. The first-order valence-electron chi connectivity index (χ1n) is 9.13. The highest BCUT2D eigenvalue weighted by molar-refractivity contribution is 9.10. The Hall–Kier alpha value is -3.52. The number of aromatic nitrogens is 2. The summed E-state index contributed by atoms with van der Waals surface area (Å²) >= 11 is 3.33. The summed E-state index contributed by atoms with van der Waals surface area (Å²) in [4.78, 5) is 42.8. The molecular formula is C22H17BrN4O3. The van der Waals surface area contributed by atoms with Crippen molar-refractivity contribution in [1.82, 2.24) is 14.9 Å². The minimum Gasteiger partial charge on any atom is -0.318 e. The van der Waals surface area contributed by atoms with Crippen LogP contribution in [0.1, 0.15) is 17.0 Å². The molecule has 4 amide bonds. The topological polar surface area (TPSA) is 84.3 Å². The molecule has 0 saturated carbocycles. The maximum atomic E-state index is 13.1. The number of barbiturate groups is 1.